The standard InChI is InChI=1S/C15H20N4O3S2/c1-10(2)14-18-19-15(23-14)17-13(20)8-9-16-24(21,22)12-6-4-11(3)5-7-12/h4-7,10,16H,8-9H2,1-3H3,(H,17,19,20). The van der Waals surface area contributed by atoms with Crippen molar-refractivity contribution in [3.63, 3.8) is 0 Å². The number of benzene rings is 1. The van der Waals surface area contributed by atoms with Crippen molar-refractivity contribution in [3.05, 3.63) is 34.8 Å². The van der Waals surface area contributed by atoms with Gasteiger partial charge in [0.2, 0.25) is 21.1 Å². The second kappa shape index (κ2) is 7.82. The molecular weight excluding hydrogens is 348 g/mol. The average Bonchev–Trinajstić information content (AvgIpc) is 2.96. The molecule has 0 aliphatic rings. The van der Waals surface area contributed by atoms with Gasteiger partial charge in [-0.25, -0.2) is 13.1 Å². The maximum Gasteiger partial charge on any atom is 0.240 e. The van der Waals surface area contributed by atoms with E-state index in [9.17, 15) is 13.2 Å². The molecule has 0 radical (unpaired) electrons. The first-order valence-corrected chi connectivity index (χ1v) is 9.77. The average molecular weight is 368 g/mol. The number of carbonyl (C=O) groups excluding carboxylic acids is 1. The topological polar surface area (TPSA) is 101 Å². The van der Waals surface area contributed by atoms with E-state index in [1.807, 2.05) is 20.8 Å². The van der Waals surface area contributed by atoms with Crippen molar-refractivity contribution in [1.82, 2.24) is 14.9 Å². The molecule has 0 aliphatic carbocycles. The van der Waals surface area contributed by atoms with E-state index < -0.39 is 10.0 Å². The van der Waals surface area contributed by atoms with E-state index in [1.165, 1.54) is 23.5 Å². The summed E-state index contributed by atoms with van der Waals surface area (Å²) in [6, 6.07) is 6.52. The Hall–Kier alpha value is -1.84. The molecule has 1 amide bonds. The zero-order valence-electron chi connectivity index (χ0n) is 13.7. The summed E-state index contributed by atoms with van der Waals surface area (Å²) >= 11 is 1.31. The van der Waals surface area contributed by atoms with Crippen LogP contribution in [0.5, 0.6) is 0 Å². The van der Waals surface area contributed by atoms with E-state index in [2.05, 4.69) is 20.2 Å². The summed E-state index contributed by atoms with van der Waals surface area (Å²) in [6.45, 7) is 5.88. The van der Waals surface area contributed by atoms with E-state index in [1.54, 1.807) is 12.1 Å². The molecule has 1 heterocycles. The quantitative estimate of drug-likeness (QED) is 0.781. The summed E-state index contributed by atoms with van der Waals surface area (Å²) in [5.74, 6) is -0.0671. The van der Waals surface area contributed by atoms with Crippen molar-refractivity contribution in [1.29, 1.82) is 0 Å². The Balaban J connectivity index is 1.84. The molecule has 9 heteroatoms. The summed E-state index contributed by atoms with van der Waals surface area (Å²) in [5.41, 5.74) is 0.978. The Kier molecular flexibility index (Phi) is 6.03. The minimum Gasteiger partial charge on any atom is -0.300 e. The molecule has 2 rings (SSSR count). The number of rotatable bonds is 7. The van der Waals surface area contributed by atoms with Gasteiger partial charge in [0, 0.05) is 18.9 Å². The van der Waals surface area contributed by atoms with Gasteiger partial charge >= 0.3 is 0 Å². The Morgan fingerprint density at radius 1 is 1.21 bits per heavy atom. The Labute approximate surface area is 145 Å². The molecule has 2 aromatic rings. The van der Waals surface area contributed by atoms with Crippen molar-refractivity contribution in [2.75, 3.05) is 11.9 Å². The second-order valence-corrected chi connectivity index (χ2v) is 8.39. The van der Waals surface area contributed by atoms with Gasteiger partial charge in [-0.1, -0.05) is 42.9 Å². The minimum absolute atomic E-state index is 0.0118. The van der Waals surface area contributed by atoms with Crippen LogP contribution in [0.3, 0.4) is 0 Å². The van der Waals surface area contributed by atoms with Crippen molar-refractivity contribution in [2.24, 2.45) is 0 Å². The Bertz CT molecular complexity index is 798. The van der Waals surface area contributed by atoms with Crippen LogP contribution in [0.25, 0.3) is 0 Å². The van der Waals surface area contributed by atoms with Gasteiger partial charge < -0.3 is 5.32 Å². The highest BCUT2D eigenvalue weighted by atomic mass is 32.2. The number of aryl methyl sites for hydroxylation is 1. The number of nitrogens with one attached hydrogen (secondary N) is 2. The highest BCUT2D eigenvalue weighted by molar-refractivity contribution is 7.89. The predicted molar refractivity (Wildman–Crippen MR) is 93.6 cm³/mol. The SMILES string of the molecule is Cc1ccc(S(=O)(=O)NCCC(=O)Nc2nnc(C(C)C)s2)cc1. The Morgan fingerprint density at radius 2 is 1.88 bits per heavy atom. The lowest BCUT2D eigenvalue weighted by Gasteiger charge is -2.06. The van der Waals surface area contributed by atoms with Crippen molar-refractivity contribution < 1.29 is 13.2 Å². The first-order valence-electron chi connectivity index (χ1n) is 7.47. The number of anilines is 1. The lowest BCUT2D eigenvalue weighted by molar-refractivity contribution is -0.116. The molecule has 24 heavy (non-hydrogen) atoms. The second-order valence-electron chi connectivity index (χ2n) is 5.61. The van der Waals surface area contributed by atoms with Crippen molar-refractivity contribution in [2.45, 2.75) is 38.0 Å². The fourth-order valence-corrected chi connectivity index (χ4v) is 3.59. The van der Waals surface area contributed by atoms with Gasteiger partial charge in [-0.15, -0.1) is 10.2 Å². The van der Waals surface area contributed by atoms with E-state index in [0.29, 0.717) is 5.13 Å². The van der Waals surface area contributed by atoms with Crippen LogP contribution in [0.1, 0.15) is 36.8 Å². The number of hydrogen-bond donors (Lipinski definition) is 2. The van der Waals surface area contributed by atoms with Crippen LogP contribution in [-0.4, -0.2) is 31.1 Å². The van der Waals surface area contributed by atoms with Crippen LogP contribution in [0.15, 0.2) is 29.2 Å². The van der Waals surface area contributed by atoms with Crippen LogP contribution in [0.4, 0.5) is 5.13 Å². The molecule has 7 nitrogen and oxygen atoms in total. The summed E-state index contributed by atoms with van der Waals surface area (Å²) in [4.78, 5) is 12.0. The number of hydrogen-bond acceptors (Lipinski definition) is 6. The molecule has 0 aliphatic heterocycles. The number of aromatic nitrogens is 2. The highest BCUT2D eigenvalue weighted by Gasteiger charge is 2.15. The normalized spacial score (nSPS) is 11.7. The third kappa shape index (κ3) is 5.08. The number of amides is 1. The fraction of sp³-hybridized carbons (Fsp3) is 0.400. The minimum atomic E-state index is -3.61. The third-order valence-corrected chi connectivity index (χ3v) is 5.77. The highest BCUT2D eigenvalue weighted by Crippen LogP contribution is 2.22. The largest absolute Gasteiger partial charge is 0.300 e. The molecule has 130 valence electrons. The molecule has 0 unspecified atom stereocenters. The van der Waals surface area contributed by atoms with Crippen LogP contribution in [0, 0.1) is 6.92 Å². The van der Waals surface area contributed by atoms with Crippen LogP contribution in [0.2, 0.25) is 0 Å². The zero-order valence-corrected chi connectivity index (χ0v) is 15.4. The van der Waals surface area contributed by atoms with Gasteiger partial charge in [0.05, 0.1) is 4.90 Å². The molecule has 0 atom stereocenters. The maximum atomic E-state index is 12.1. The first kappa shape index (κ1) is 18.5. The molecule has 0 saturated carbocycles. The smallest absolute Gasteiger partial charge is 0.240 e. The van der Waals surface area contributed by atoms with E-state index >= 15 is 0 Å². The van der Waals surface area contributed by atoms with Gasteiger partial charge in [0.15, 0.2) is 0 Å². The molecule has 0 spiro atoms. The van der Waals surface area contributed by atoms with Crippen LogP contribution in [-0.2, 0) is 14.8 Å². The van der Waals surface area contributed by atoms with Crippen molar-refractivity contribution in [3.8, 4) is 0 Å². The predicted octanol–water partition coefficient (Wildman–Crippen LogP) is 2.28. The van der Waals surface area contributed by atoms with E-state index in [4.69, 9.17) is 0 Å². The van der Waals surface area contributed by atoms with Crippen LogP contribution < -0.4 is 10.0 Å². The third-order valence-electron chi connectivity index (χ3n) is 3.16. The summed E-state index contributed by atoms with van der Waals surface area (Å²) in [5, 5.41) is 11.7. The van der Waals surface area contributed by atoms with Gasteiger partial charge in [-0.3, -0.25) is 4.79 Å². The molecule has 1 aromatic carbocycles. The van der Waals surface area contributed by atoms with Gasteiger partial charge in [0.25, 0.3) is 0 Å². The van der Waals surface area contributed by atoms with Crippen molar-refractivity contribution >= 4 is 32.4 Å². The van der Waals surface area contributed by atoms with E-state index in [-0.39, 0.29) is 29.7 Å². The number of nitrogens with zero attached hydrogens (tertiary/aromatic N) is 2. The summed E-state index contributed by atoms with van der Waals surface area (Å²) in [6.07, 6.45) is 0.0156. The maximum absolute atomic E-state index is 12.1. The zero-order chi connectivity index (χ0) is 17.7. The molecule has 0 saturated heterocycles. The molecule has 0 fully saturated rings. The number of sulfonamides is 1. The lowest BCUT2D eigenvalue weighted by Crippen LogP contribution is -2.27. The van der Waals surface area contributed by atoms with Crippen LogP contribution >= 0.6 is 11.3 Å². The summed E-state index contributed by atoms with van der Waals surface area (Å²) in [7, 11) is -3.61. The molecular formula is C15H20N4O3S2. The first-order chi connectivity index (χ1) is 11.3. The van der Waals surface area contributed by atoms with Gasteiger partial charge in [0.1, 0.15) is 5.01 Å². The fourth-order valence-electron chi connectivity index (χ4n) is 1.80. The molecule has 0 bridgehead atoms. The number of carbonyl (C=O) groups is 1. The summed E-state index contributed by atoms with van der Waals surface area (Å²) < 4.78 is 26.6. The Morgan fingerprint density at radius 3 is 2.46 bits per heavy atom. The van der Waals surface area contributed by atoms with Gasteiger partial charge in [-0.05, 0) is 19.1 Å². The molecule has 1 aromatic heterocycles. The monoisotopic (exact) mass is 368 g/mol. The van der Waals surface area contributed by atoms with Gasteiger partial charge in [-0.2, -0.15) is 0 Å². The lowest BCUT2D eigenvalue weighted by atomic mass is 10.2. The van der Waals surface area contributed by atoms with E-state index in [0.717, 1.165) is 10.6 Å². The molecule has 2 N–H and O–H groups in total.